The van der Waals surface area contributed by atoms with Gasteiger partial charge in [0, 0.05) is 12.2 Å². The van der Waals surface area contributed by atoms with Crippen LogP contribution in [0.3, 0.4) is 0 Å². The molecule has 2 rings (SSSR count). The minimum atomic E-state index is -1.04. The van der Waals surface area contributed by atoms with E-state index in [-0.39, 0.29) is 17.2 Å². The van der Waals surface area contributed by atoms with Gasteiger partial charge >= 0.3 is 12.1 Å². The third-order valence-corrected chi connectivity index (χ3v) is 5.52. The summed E-state index contributed by atoms with van der Waals surface area (Å²) in [7, 11) is 1.32. The summed E-state index contributed by atoms with van der Waals surface area (Å²) in [5.74, 6) is 0.0757. The van der Waals surface area contributed by atoms with E-state index in [1.165, 1.54) is 7.11 Å². The Hall–Kier alpha value is -1.44. The molecule has 2 aliphatic rings. The number of esters is 1. The summed E-state index contributed by atoms with van der Waals surface area (Å²) >= 11 is 1.55. The van der Waals surface area contributed by atoms with E-state index >= 15 is 0 Å². The third-order valence-electron chi connectivity index (χ3n) is 4.23. The lowest BCUT2D eigenvalue weighted by Gasteiger charge is -2.32. The number of alkyl carbamates (subject to hydrolysis) is 1. The average Bonchev–Trinajstić information content (AvgIpc) is 2.95. The van der Waals surface area contributed by atoms with Crippen LogP contribution in [0, 0.1) is 5.92 Å². The molecule has 3 atom stereocenters. The zero-order valence-corrected chi connectivity index (χ0v) is 16.6. The molecule has 1 N–H and O–H groups in total. The number of nitrogens with zero attached hydrogens (tertiary/aromatic N) is 1. The number of amides is 2. The summed E-state index contributed by atoms with van der Waals surface area (Å²) < 4.78 is 10.2. The second-order valence-corrected chi connectivity index (χ2v) is 9.26. The molecular weight excluding hydrogens is 344 g/mol. The Labute approximate surface area is 153 Å². The van der Waals surface area contributed by atoms with Crippen molar-refractivity contribution >= 4 is 29.7 Å². The molecule has 0 saturated carbocycles. The molecule has 2 aliphatic heterocycles. The number of ether oxygens (including phenoxy) is 2. The van der Waals surface area contributed by atoms with Crippen molar-refractivity contribution in [3.8, 4) is 0 Å². The Balaban J connectivity index is 2.25. The molecule has 2 heterocycles. The minimum Gasteiger partial charge on any atom is -0.467 e. The van der Waals surface area contributed by atoms with Gasteiger partial charge in [-0.25, -0.2) is 9.59 Å². The second kappa shape index (κ2) is 7.05. The molecule has 0 aromatic carbocycles. The van der Waals surface area contributed by atoms with E-state index in [1.54, 1.807) is 37.4 Å². The minimum absolute atomic E-state index is 0.134. The van der Waals surface area contributed by atoms with E-state index in [9.17, 15) is 14.4 Å². The van der Waals surface area contributed by atoms with Crippen LogP contribution in [0.2, 0.25) is 0 Å². The van der Waals surface area contributed by atoms with E-state index in [4.69, 9.17) is 9.47 Å². The van der Waals surface area contributed by atoms with Gasteiger partial charge in [-0.1, -0.05) is 13.8 Å². The lowest BCUT2D eigenvalue weighted by Crippen LogP contribution is -2.57. The van der Waals surface area contributed by atoms with Crippen LogP contribution in [0.5, 0.6) is 0 Å². The maximum absolute atomic E-state index is 13.2. The van der Waals surface area contributed by atoms with E-state index in [0.717, 1.165) is 0 Å². The van der Waals surface area contributed by atoms with Crippen molar-refractivity contribution in [2.75, 3.05) is 12.9 Å². The number of methoxy groups -OCH3 is 1. The van der Waals surface area contributed by atoms with Crippen molar-refractivity contribution in [1.29, 1.82) is 0 Å². The Kier molecular flexibility index (Phi) is 5.61. The maximum atomic E-state index is 13.2. The molecule has 2 saturated heterocycles. The van der Waals surface area contributed by atoms with E-state index in [0.29, 0.717) is 18.6 Å². The van der Waals surface area contributed by atoms with Gasteiger partial charge < -0.3 is 19.7 Å². The van der Waals surface area contributed by atoms with Crippen LogP contribution in [-0.4, -0.2) is 58.3 Å². The van der Waals surface area contributed by atoms with Crippen LogP contribution < -0.4 is 5.32 Å². The van der Waals surface area contributed by atoms with E-state index < -0.39 is 29.2 Å². The first-order valence-electron chi connectivity index (χ1n) is 8.52. The summed E-state index contributed by atoms with van der Waals surface area (Å²) in [6, 6.07) is -0.595. The summed E-state index contributed by atoms with van der Waals surface area (Å²) in [5, 5.41) is 2.68. The fourth-order valence-electron chi connectivity index (χ4n) is 3.47. The van der Waals surface area contributed by atoms with Crippen molar-refractivity contribution in [1.82, 2.24) is 10.2 Å². The largest absolute Gasteiger partial charge is 0.467 e. The highest BCUT2D eigenvalue weighted by molar-refractivity contribution is 8.00. The van der Waals surface area contributed by atoms with Crippen LogP contribution >= 0.6 is 11.8 Å². The first-order valence-corrected chi connectivity index (χ1v) is 9.57. The normalized spacial score (nSPS) is 28.9. The predicted molar refractivity (Wildman–Crippen MR) is 95.1 cm³/mol. The predicted octanol–water partition coefficient (Wildman–Crippen LogP) is 2.14. The Bertz CT molecular complexity index is 560. The van der Waals surface area contributed by atoms with Crippen LogP contribution in [0.25, 0.3) is 0 Å². The van der Waals surface area contributed by atoms with Crippen molar-refractivity contribution in [2.24, 2.45) is 5.92 Å². The number of fused-ring (bicyclic) bond motifs is 1. The zero-order chi connectivity index (χ0) is 19.0. The van der Waals surface area contributed by atoms with Gasteiger partial charge in [0.1, 0.15) is 17.2 Å². The van der Waals surface area contributed by atoms with E-state index in [2.05, 4.69) is 5.32 Å². The summed E-state index contributed by atoms with van der Waals surface area (Å²) in [4.78, 5) is 39.1. The number of carbonyl (C=O) groups excluding carboxylic acids is 3. The van der Waals surface area contributed by atoms with Gasteiger partial charge in [0.15, 0.2) is 0 Å². The summed E-state index contributed by atoms with van der Waals surface area (Å²) in [5.41, 5.74) is -1.69. The second-order valence-electron chi connectivity index (χ2n) is 8.05. The van der Waals surface area contributed by atoms with Crippen molar-refractivity contribution < 1.29 is 23.9 Å². The number of nitrogens with one attached hydrogen (secondary N) is 1. The molecule has 0 radical (unpaired) electrons. The molecule has 0 spiro atoms. The number of thioether (sulfide) groups is 1. The van der Waals surface area contributed by atoms with Gasteiger partial charge in [0.25, 0.3) is 0 Å². The number of rotatable bonds is 4. The molecule has 25 heavy (non-hydrogen) atoms. The van der Waals surface area contributed by atoms with Gasteiger partial charge in [-0.2, -0.15) is 0 Å². The number of carbonyl (C=O) groups is 3. The molecule has 7 nitrogen and oxygen atoms in total. The molecule has 2 amide bonds. The van der Waals surface area contributed by atoms with Crippen LogP contribution in [-0.2, 0) is 19.1 Å². The van der Waals surface area contributed by atoms with Crippen LogP contribution in [0.1, 0.15) is 47.5 Å². The molecule has 142 valence electrons. The average molecular weight is 372 g/mol. The Morgan fingerprint density at radius 1 is 1.40 bits per heavy atom. The van der Waals surface area contributed by atoms with Crippen molar-refractivity contribution in [3.05, 3.63) is 0 Å². The third kappa shape index (κ3) is 4.22. The summed E-state index contributed by atoms with van der Waals surface area (Å²) in [6.07, 6.45) is 0.343. The smallest absolute Gasteiger partial charge is 0.408 e. The number of hydrogen-bond acceptors (Lipinski definition) is 6. The molecule has 0 aliphatic carbocycles. The quantitative estimate of drug-likeness (QED) is 0.761. The first-order chi connectivity index (χ1) is 11.5. The SMILES string of the molecule is COC(=O)[C@@H]1CS[C@@H]2C[C@@](CC(C)C)(NC(=O)OC(C)(C)C)C(=O)N21. The Morgan fingerprint density at radius 2 is 2.04 bits per heavy atom. The van der Waals surface area contributed by atoms with Crippen molar-refractivity contribution in [2.45, 2.75) is 70.0 Å². The lowest BCUT2D eigenvalue weighted by molar-refractivity contribution is -0.151. The number of hydrogen-bond donors (Lipinski definition) is 1. The standard InChI is InChI=1S/C17H28N2O5S/c1-10(2)7-17(18-15(22)24-16(3,4)5)8-12-19(14(17)21)11(9-25-12)13(20)23-6/h10-12H,7-9H2,1-6H3,(H,18,22)/t11-,12+,17+/m0/s1. The molecule has 0 aromatic heterocycles. The molecule has 8 heteroatoms. The van der Waals surface area contributed by atoms with Gasteiger partial charge in [0.2, 0.25) is 5.91 Å². The monoisotopic (exact) mass is 372 g/mol. The van der Waals surface area contributed by atoms with E-state index in [1.807, 2.05) is 13.8 Å². The topological polar surface area (TPSA) is 84.9 Å². The van der Waals surface area contributed by atoms with Gasteiger partial charge in [-0.3, -0.25) is 4.79 Å². The molecule has 0 bridgehead atoms. The highest BCUT2D eigenvalue weighted by Crippen LogP contribution is 2.44. The van der Waals surface area contributed by atoms with Crippen LogP contribution in [0.15, 0.2) is 0 Å². The van der Waals surface area contributed by atoms with Gasteiger partial charge in [0.05, 0.1) is 12.5 Å². The van der Waals surface area contributed by atoms with Gasteiger partial charge in [-0.15, -0.1) is 11.8 Å². The maximum Gasteiger partial charge on any atom is 0.408 e. The zero-order valence-electron chi connectivity index (χ0n) is 15.8. The highest BCUT2D eigenvalue weighted by Gasteiger charge is 2.59. The highest BCUT2D eigenvalue weighted by atomic mass is 32.2. The molecule has 2 fully saturated rings. The fraction of sp³-hybridized carbons (Fsp3) is 0.824. The summed E-state index contributed by atoms with van der Waals surface area (Å²) in [6.45, 7) is 9.33. The Morgan fingerprint density at radius 3 is 2.56 bits per heavy atom. The molecule has 0 unspecified atom stereocenters. The van der Waals surface area contributed by atoms with Crippen molar-refractivity contribution in [3.63, 3.8) is 0 Å². The molecule has 0 aromatic rings. The van der Waals surface area contributed by atoms with Gasteiger partial charge in [-0.05, 0) is 33.1 Å². The molecular formula is C17H28N2O5S. The lowest BCUT2D eigenvalue weighted by atomic mass is 9.87. The van der Waals surface area contributed by atoms with Crippen LogP contribution in [0.4, 0.5) is 4.79 Å². The first kappa shape index (κ1) is 19.9. The fourth-order valence-corrected chi connectivity index (χ4v) is 4.97.